The second-order valence-electron chi connectivity index (χ2n) is 15.6. The normalized spacial score (nSPS) is 11.5. The second kappa shape index (κ2) is 14.7. The quantitative estimate of drug-likeness (QED) is 0.162. The minimum absolute atomic E-state index is 0.560. The van der Waals surface area contributed by atoms with E-state index in [9.17, 15) is 0 Å². The Morgan fingerprint density at radius 3 is 1.23 bits per heavy atom. The highest BCUT2D eigenvalue weighted by molar-refractivity contribution is 6.24. The molecule has 0 bridgehead atoms. The maximum absolute atomic E-state index is 5.31. The van der Waals surface area contributed by atoms with Gasteiger partial charge in [0.25, 0.3) is 0 Å². The van der Waals surface area contributed by atoms with Crippen LogP contribution in [0.4, 0.5) is 0 Å². The summed E-state index contributed by atoms with van der Waals surface area (Å²) >= 11 is 0. The molecule has 0 N–H and O–H groups in total. The molecule has 12 rings (SSSR count). The van der Waals surface area contributed by atoms with Gasteiger partial charge in [0.15, 0.2) is 11.6 Å². The van der Waals surface area contributed by atoms with Crippen LogP contribution in [-0.4, -0.2) is 24.1 Å². The van der Waals surface area contributed by atoms with Crippen molar-refractivity contribution in [3.05, 3.63) is 224 Å². The highest BCUT2D eigenvalue weighted by Crippen LogP contribution is 2.44. The van der Waals surface area contributed by atoms with Crippen LogP contribution < -0.4 is 0 Å². The van der Waals surface area contributed by atoms with Crippen molar-refractivity contribution >= 4 is 43.6 Å². The fraction of sp³-hybridized carbons (Fsp3) is 0. The zero-order valence-corrected chi connectivity index (χ0v) is 33.6. The monoisotopic (exact) mass is 791 g/mol. The van der Waals surface area contributed by atoms with Crippen molar-refractivity contribution in [3.8, 4) is 67.8 Å². The SMILES string of the molecule is c1ccc(-c2ccc(-c3cc(-c4ccccc4)ccc3-n3c4ccccc4c4ccc5c6ccccc6n(-c6nc(-c7ccccc7)nc(-c7ccccc7)n6)c5c43)cc2)cc1. The molecule has 3 heterocycles. The fourth-order valence-corrected chi connectivity index (χ4v) is 9.10. The van der Waals surface area contributed by atoms with Gasteiger partial charge in [0.2, 0.25) is 5.95 Å². The van der Waals surface area contributed by atoms with E-state index in [-0.39, 0.29) is 0 Å². The van der Waals surface area contributed by atoms with Gasteiger partial charge in [-0.25, -0.2) is 4.98 Å². The van der Waals surface area contributed by atoms with Gasteiger partial charge in [-0.1, -0.05) is 200 Å². The van der Waals surface area contributed by atoms with E-state index in [0.29, 0.717) is 17.6 Å². The third-order valence-corrected chi connectivity index (χ3v) is 12.0. The molecule has 0 aliphatic heterocycles. The first-order valence-electron chi connectivity index (χ1n) is 21.0. The van der Waals surface area contributed by atoms with Gasteiger partial charge in [-0.3, -0.25) is 4.57 Å². The van der Waals surface area contributed by atoms with Gasteiger partial charge in [0.05, 0.1) is 27.8 Å². The molecule has 0 saturated heterocycles. The third kappa shape index (κ3) is 5.90. The van der Waals surface area contributed by atoms with Crippen LogP contribution in [-0.2, 0) is 0 Å². The maximum atomic E-state index is 5.31. The van der Waals surface area contributed by atoms with Gasteiger partial charge < -0.3 is 4.57 Å². The van der Waals surface area contributed by atoms with Crippen LogP contribution in [0.25, 0.3) is 111 Å². The molecule has 0 amide bonds. The van der Waals surface area contributed by atoms with Gasteiger partial charge in [-0.2, -0.15) is 9.97 Å². The topological polar surface area (TPSA) is 48.5 Å². The standard InChI is InChI=1S/C57H37N5/c1-5-17-38(18-6-1)40-29-31-41(32-30-40)49-37-44(39-19-7-2-8-20-39)33-36-52(49)61-50-27-15-13-25-45(50)47-34-35-48-46-26-14-16-28-51(46)62(54(48)53(47)61)57-59-55(42-21-9-3-10-22-42)58-56(60-57)43-23-11-4-12-24-43/h1-37H. The molecule has 0 fully saturated rings. The lowest BCUT2D eigenvalue weighted by atomic mass is 9.95. The van der Waals surface area contributed by atoms with E-state index in [4.69, 9.17) is 15.0 Å². The molecule has 0 atom stereocenters. The molecule has 0 saturated carbocycles. The van der Waals surface area contributed by atoms with Crippen molar-refractivity contribution in [3.63, 3.8) is 0 Å². The summed E-state index contributed by atoms with van der Waals surface area (Å²) in [7, 11) is 0. The van der Waals surface area contributed by atoms with E-state index in [2.05, 4.69) is 197 Å². The molecule has 3 aromatic heterocycles. The Bertz CT molecular complexity index is 3540. The largest absolute Gasteiger partial charge is 0.307 e. The zero-order chi connectivity index (χ0) is 41.0. The molecule has 0 aliphatic carbocycles. The average Bonchev–Trinajstić information content (AvgIpc) is 3.88. The summed E-state index contributed by atoms with van der Waals surface area (Å²) in [5.74, 6) is 1.79. The van der Waals surface area contributed by atoms with Crippen LogP contribution in [0.1, 0.15) is 0 Å². The molecule has 62 heavy (non-hydrogen) atoms. The number of aromatic nitrogens is 5. The van der Waals surface area contributed by atoms with Gasteiger partial charge in [-0.05, 0) is 52.1 Å². The minimum Gasteiger partial charge on any atom is -0.307 e. The van der Waals surface area contributed by atoms with Crippen molar-refractivity contribution in [2.75, 3.05) is 0 Å². The summed E-state index contributed by atoms with van der Waals surface area (Å²) < 4.78 is 4.73. The lowest BCUT2D eigenvalue weighted by Crippen LogP contribution is -2.07. The van der Waals surface area contributed by atoms with Crippen LogP contribution in [0, 0.1) is 0 Å². The second-order valence-corrected chi connectivity index (χ2v) is 15.6. The van der Waals surface area contributed by atoms with Gasteiger partial charge in [-0.15, -0.1) is 0 Å². The van der Waals surface area contributed by atoms with Crippen molar-refractivity contribution in [2.45, 2.75) is 0 Å². The zero-order valence-electron chi connectivity index (χ0n) is 33.6. The average molecular weight is 792 g/mol. The Morgan fingerprint density at radius 1 is 0.274 bits per heavy atom. The number of benzene rings is 9. The predicted octanol–water partition coefficient (Wildman–Crippen LogP) is 14.4. The molecular weight excluding hydrogens is 755 g/mol. The van der Waals surface area contributed by atoms with E-state index in [1.54, 1.807) is 0 Å². The number of nitrogens with zero attached hydrogens (tertiary/aromatic N) is 5. The summed E-state index contributed by atoms with van der Waals surface area (Å²) in [4.78, 5) is 15.7. The predicted molar refractivity (Wildman–Crippen MR) is 256 cm³/mol. The summed E-state index contributed by atoms with van der Waals surface area (Å²) in [6.07, 6.45) is 0. The van der Waals surface area contributed by atoms with Crippen molar-refractivity contribution in [1.29, 1.82) is 0 Å². The van der Waals surface area contributed by atoms with E-state index in [1.807, 2.05) is 36.4 Å². The number of hydrogen-bond acceptors (Lipinski definition) is 3. The highest BCUT2D eigenvalue weighted by Gasteiger charge is 2.24. The number of para-hydroxylation sites is 2. The van der Waals surface area contributed by atoms with Crippen LogP contribution in [0.2, 0.25) is 0 Å². The lowest BCUT2D eigenvalue weighted by Gasteiger charge is -2.18. The fourth-order valence-electron chi connectivity index (χ4n) is 9.10. The van der Waals surface area contributed by atoms with E-state index >= 15 is 0 Å². The van der Waals surface area contributed by atoms with Crippen molar-refractivity contribution < 1.29 is 0 Å². The Morgan fingerprint density at radius 2 is 0.677 bits per heavy atom. The van der Waals surface area contributed by atoms with Crippen molar-refractivity contribution in [1.82, 2.24) is 24.1 Å². The highest BCUT2D eigenvalue weighted by atomic mass is 15.2. The molecule has 9 aromatic carbocycles. The molecule has 0 unspecified atom stereocenters. The third-order valence-electron chi connectivity index (χ3n) is 12.0. The van der Waals surface area contributed by atoms with Crippen LogP contribution >= 0.6 is 0 Å². The van der Waals surface area contributed by atoms with Gasteiger partial charge >= 0.3 is 0 Å². The molecule has 5 nitrogen and oxygen atoms in total. The van der Waals surface area contributed by atoms with Gasteiger partial charge in [0, 0.05) is 38.2 Å². The number of hydrogen-bond donors (Lipinski definition) is 0. The van der Waals surface area contributed by atoms with Gasteiger partial charge in [0.1, 0.15) is 0 Å². The summed E-state index contributed by atoms with van der Waals surface area (Å²) in [5.41, 5.74) is 14.1. The maximum Gasteiger partial charge on any atom is 0.238 e. The first-order chi connectivity index (χ1) is 30.8. The van der Waals surface area contributed by atoms with Crippen LogP contribution in [0.3, 0.4) is 0 Å². The Labute approximate surface area is 358 Å². The molecule has 5 heteroatoms. The number of fused-ring (bicyclic) bond motifs is 7. The summed E-state index contributed by atoms with van der Waals surface area (Å²) in [6.45, 7) is 0. The molecule has 290 valence electrons. The molecule has 0 aliphatic rings. The lowest BCUT2D eigenvalue weighted by molar-refractivity contribution is 0.953. The molecule has 0 radical (unpaired) electrons. The van der Waals surface area contributed by atoms with Crippen LogP contribution in [0.15, 0.2) is 224 Å². The summed E-state index contributed by atoms with van der Waals surface area (Å²) in [6, 6.07) is 79.4. The minimum atomic E-state index is 0.560. The van der Waals surface area contributed by atoms with Crippen LogP contribution in [0.5, 0.6) is 0 Å². The van der Waals surface area contributed by atoms with E-state index < -0.39 is 0 Å². The Kier molecular flexibility index (Phi) is 8.42. The number of rotatable bonds is 7. The van der Waals surface area contributed by atoms with E-state index in [1.165, 1.54) is 22.1 Å². The Balaban J connectivity index is 1.19. The smallest absolute Gasteiger partial charge is 0.238 e. The summed E-state index contributed by atoms with van der Waals surface area (Å²) in [5, 5.41) is 4.56. The van der Waals surface area contributed by atoms with E-state index in [0.717, 1.165) is 71.7 Å². The first kappa shape index (κ1) is 35.5. The molecule has 12 aromatic rings. The molecule has 0 spiro atoms. The Hall–Kier alpha value is -8.41. The molecular formula is C57H37N5. The first-order valence-corrected chi connectivity index (χ1v) is 21.0. The van der Waals surface area contributed by atoms with Crippen molar-refractivity contribution in [2.24, 2.45) is 0 Å².